The maximum absolute atomic E-state index is 12.8. The Kier molecular flexibility index (Phi) is 4.60. The van der Waals surface area contributed by atoms with Crippen LogP contribution in [-0.4, -0.2) is 26.0 Å². The van der Waals surface area contributed by atoms with Crippen molar-refractivity contribution in [3.8, 4) is 17.2 Å². The molecule has 0 spiro atoms. The maximum Gasteiger partial charge on any atom is 0.244 e. The van der Waals surface area contributed by atoms with E-state index >= 15 is 0 Å². The van der Waals surface area contributed by atoms with E-state index in [9.17, 15) is 9.18 Å². The molecule has 0 saturated carbocycles. The van der Waals surface area contributed by atoms with Crippen LogP contribution in [0.1, 0.15) is 11.1 Å². The fourth-order valence-corrected chi connectivity index (χ4v) is 2.22. The summed E-state index contributed by atoms with van der Waals surface area (Å²) in [5.74, 6) is 1.10. The van der Waals surface area contributed by atoms with E-state index in [4.69, 9.17) is 14.2 Å². The van der Waals surface area contributed by atoms with Gasteiger partial charge in [-0.3, -0.25) is 4.79 Å². The lowest BCUT2D eigenvalue weighted by Crippen LogP contribution is -2.19. The van der Waals surface area contributed by atoms with Crippen molar-refractivity contribution in [1.82, 2.24) is 5.43 Å². The van der Waals surface area contributed by atoms with Crippen LogP contribution >= 0.6 is 0 Å². The third-order valence-electron chi connectivity index (χ3n) is 3.40. The predicted octanol–water partition coefficient (Wildman–Crippen LogP) is 2.26. The highest BCUT2D eigenvalue weighted by Crippen LogP contribution is 2.37. The summed E-state index contributed by atoms with van der Waals surface area (Å²) in [5, 5.41) is 3.91. The van der Waals surface area contributed by atoms with Gasteiger partial charge >= 0.3 is 0 Å². The molecule has 1 N–H and O–H groups in total. The number of nitrogens with one attached hydrogen (secondary N) is 1. The summed E-state index contributed by atoms with van der Waals surface area (Å²) in [6.07, 6.45) is 1.57. The Morgan fingerprint density at radius 2 is 2.00 bits per heavy atom. The summed E-state index contributed by atoms with van der Waals surface area (Å²) in [6, 6.07) is 9.15. The van der Waals surface area contributed by atoms with Gasteiger partial charge in [0, 0.05) is 11.6 Å². The van der Waals surface area contributed by atoms with Crippen molar-refractivity contribution in [3.63, 3.8) is 0 Å². The molecular formula is C17H15FN2O4. The number of fused-ring (bicyclic) bond motifs is 1. The summed E-state index contributed by atoms with van der Waals surface area (Å²) in [5.41, 5.74) is 3.76. The van der Waals surface area contributed by atoms with Crippen LogP contribution in [0, 0.1) is 5.82 Å². The Labute approximate surface area is 137 Å². The van der Waals surface area contributed by atoms with Gasteiger partial charge in [0.2, 0.25) is 12.7 Å². The van der Waals surface area contributed by atoms with Gasteiger partial charge in [0.1, 0.15) is 11.6 Å². The SMILES string of the molecule is COc1cc2c(cc1/C=N/NC(=O)Cc1ccc(F)cc1)OCO2. The number of amides is 1. The second-order valence-corrected chi connectivity index (χ2v) is 5.04. The standard InChI is InChI=1S/C17H15FN2O4/c1-22-14-8-16-15(23-10-24-16)7-12(14)9-19-20-17(21)6-11-2-4-13(18)5-3-11/h2-5,7-9H,6,10H2,1H3,(H,20,21)/b19-9+. The fraction of sp³-hybridized carbons (Fsp3) is 0.176. The molecule has 0 atom stereocenters. The van der Waals surface area contributed by atoms with E-state index in [0.717, 1.165) is 0 Å². The predicted molar refractivity (Wildman–Crippen MR) is 85.0 cm³/mol. The number of methoxy groups -OCH3 is 1. The molecule has 2 aromatic rings. The minimum Gasteiger partial charge on any atom is -0.496 e. The molecule has 3 rings (SSSR count). The molecule has 1 heterocycles. The Balaban J connectivity index is 1.63. The molecule has 1 amide bonds. The molecule has 0 aliphatic carbocycles. The Hall–Kier alpha value is -3.09. The van der Waals surface area contributed by atoms with E-state index in [1.54, 1.807) is 24.3 Å². The molecule has 1 aliphatic rings. The van der Waals surface area contributed by atoms with E-state index < -0.39 is 0 Å². The second-order valence-electron chi connectivity index (χ2n) is 5.04. The highest BCUT2D eigenvalue weighted by molar-refractivity contribution is 5.87. The lowest BCUT2D eigenvalue weighted by molar-refractivity contribution is -0.120. The van der Waals surface area contributed by atoms with E-state index in [-0.39, 0.29) is 24.9 Å². The summed E-state index contributed by atoms with van der Waals surface area (Å²) in [7, 11) is 1.53. The topological polar surface area (TPSA) is 69.2 Å². The monoisotopic (exact) mass is 330 g/mol. The molecular weight excluding hydrogens is 315 g/mol. The average Bonchev–Trinajstić information content (AvgIpc) is 3.03. The molecule has 0 bridgehead atoms. The van der Waals surface area contributed by atoms with Gasteiger partial charge in [0.05, 0.1) is 19.7 Å². The quantitative estimate of drug-likeness (QED) is 0.674. The molecule has 0 radical (unpaired) electrons. The van der Waals surface area contributed by atoms with Crippen molar-refractivity contribution in [3.05, 3.63) is 53.3 Å². The number of benzene rings is 2. The summed E-state index contributed by atoms with van der Waals surface area (Å²) >= 11 is 0. The third-order valence-corrected chi connectivity index (χ3v) is 3.40. The van der Waals surface area contributed by atoms with Crippen molar-refractivity contribution in [2.24, 2.45) is 5.10 Å². The molecule has 0 unspecified atom stereocenters. The number of carbonyl (C=O) groups excluding carboxylic acids is 1. The Bertz CT molecular complexity index is 775. The average molecular weight is 330 g/mol. The first-order chi connectivity index (χ1) is 11.7. The highest BCUT2D eigenvalue weighted by atomic mass is 19.1. The number of nitrogens with zero attached hydrogens (tertiary/aromatic N) is 1. The van der Waals surface area contributed by atoms with E-state index in [0.29, 0.717) is 28.4 Å². The molecule has 0 fully saturated rings. The van der Waals surface area contributed by atoms with Gasteiger partial charge in [-0.25, -0.2) is 9.82 Å². The first-order valence-corrected chi connectivity index (χ1v) is 7.19. The van der Waals surface area contributed by atoms with Crippen LogP contribution in [0.4, 0.5) is 4.39 Å². The minimum absolute atomic E-state index is 0.107. The van der Waals surface area contributed by atoms with Crippen LogP contribution in [0.15, 0.2) is 41.5 Å². The van der Waals surface area contributed by atoms with E-state index in [2.05, 4.69) is 10.5 Å². The van der Waals surface area contributed by atoms with Gasteiger partial charge in [-0.15, -0.1) is 0 Å². The zero-order valence-corrected chi connectivity index (χ0v) is 12.9. The summed E-state index contributed by atoms with van der Waals surface area (Å²) in [6.45, 7) is 0.160. The van der Waals surface area contributed by atoms with Crippen molar-refractivity contribution in [1.29, 1.82) is 0 Å². The number of rotatable bonds is 5. The number of ether oxygens (including phenoxy) is 3. The molecule has 24 heavy (non-hydrogen) atoms. The fourth-order valence-electron chi connectivity index (χ4n) is 2.22. The first-order valence-electron chi connectivity index (χ1n) is 7.19. The van der Waals surface area contributed by atoms with Crippen molar-refractivity contribution >= 4 is 12.1 Å². The third kappa shape index (κ3) is 3.62. The van der Waals surface area contributed by atoms with Gasteiger partial charge in [-0.05, 0) is 23.8 Å². The Morgan fingerprint density at radius 3 is 2.71 bits per heavy atom. The number of hydrazone groups is 1. The van der Waals surface area contributed by atoms with Gasteiger partial charge in [-0.2, -0.15) is 5.10 Å². The van der Waals surface area contributed by atoms with Crippen LogP contribution in [-0.2, 0) is 11.2 Å². The number of halogens is 1. The smallest absolute Gasteiger partial charge is 0.244 e. The first kappa shape index (κ1) is 15.8. The van der Waals surface area contributed by atoms with Crippen LogP contribution in [0.2, 0.25) is 0 Å². The van der Waals surface area contributed by atoms with Crippen molar-refractivity contribution in [2.75, 3.05) is 13.9 Å². The van der Waals surface area contributed by atoms with Crippen LogP contribution in [0.5, 0.6) is 17.2 Å². The summed E-state index contributed by atoms with van der Waals surface area (Å²) < 4.78 is 28.7. The molecule has 7 heteroatoms. The lowest BCUT2D eigenvalue weighted by Gasteiger charge is -2.06. The number of hydrogen-bond acceptors (Lipinski definition) is 5. The van der Waals surface area contributed by atoms with E-state index in [1.165, 1.54) is 25.5 Å². The minimum atomic E-state index is -0.341. The number of hydrogen-bond donors (Lipinski definition) is 1. The zero-order valence-electron chi connectivity index (χ0n) is 12.9. The van der Waals surface area contributed by atoms with E-state index in [1.807, 2.05) is 0 Å². The Morgan fingerprint density at radius 1 is 1.29 bits per heavy atom. The normalized spacial score (nSPS) is 12.4. The van der Waals surface area contributed by atoms with Crippen LogP contribution < -0.4 is 19.6 Å². The number of carbonyl (C=O) groups is 1. The maximum atomic E-state index is 12.8. The molecule has 124 valence electrons. The molecule has 6 nitrogen and oxygen atoms in total. The lowest BCUT2D eigenvalue weighted by atomic mass is 10.1. The second kappa shape index (κ2) is 6.99. The largest absolute Gasteiger partial charge is 0.496 e. The van der Waals surface area contributed by atoms with Crippen molar-refractivity contribution in [2.45, 2.75) is 6.42 Å². The van der Waals surface area contributed by atoms with Crippen LogP contribution in [0.25, 0.3) is 0 Å². The molecule has 2 aromatic carbocycles. The molecule has 1 aliphatic heterocycles. The van der Waals surface area contributed by atoms with Gasteiger partial charge in [0.25, 0.3) is 0 Å². The van der Waals surface area contributed by atoms with Crippen molar-refractivity contribution < 1.29 is 23.4 Å². The van der Waals surface area contributed by atoms with Crippen LogP contribution in [0.3, 0.4) is 0 Å². The van der Waals surface area contributed by atoms with Gasteiger partial charge in [-0.1, -0.05) is 12.1 Å². The van der Waals surface area contributed by atoms with Gasteiger partial charge < -0.3 is 14.2 Å². The molecule has 0 saturated heterocycles. The summed E-state index contributed by atoms with van der Waals surface area (Å²) in [4.78, 5) is 11.8. The molecule has 0 aromatic heterocycles. The van der Waals surface area contributed by atoms with Gasteiger partial charge in [0.15, 0.2) is 11.5 Å². The highest BCUT2D eigenvalue weighted by Gasteiger charge is 2.17. The zero-order chi connectivity index (χ0) is 16.9.